The highest BCUT2D eigenvalue weighted by atomic mass is 35.5. The van der Waals surface area contributed by atoms with Crippen LogP contribution in [0.4, 0.5) is 0 Å². The zero-order valence-corrected chi connectivity index (χ0v) is 21.7. The zero-order valence-electron chi connectivity index (χ0n) is 20.1. The van der Waals surface area contributed by atoms with Crippen molar-refractivity contribution in [3.05, 3.63) is 52.6 Å². The third kappa shape index (κ3) is 5.59. The van der Waals surface area contributed by atoms with Crippen molar-refractivity contribution in [1.29, 1.82) is 0 Å². The monoisotopic (exact) mass is 506 g/mol. The van der Waals surface area contributed by atoms with Crippen LogP contribution >= 0.6 is 11.6 Å². The number of pyridine rings is 1. The molecule has 0 bridgehead atoms. The standard InChI is InChI=1S/C24H31ClN4O4S/c1-6-29(22(12-15(3)4)24(30)33-7-2)34(31,32)18-9-8-17(19(25)14-18)13-21-23-20(10-11-26-21)27-16(5)28-23/h8-11,14-15,22,26H,6-7,12-13H2,1-5H3/t22-/m0/s1. The number of rotatable bonds is 10. The maximum atomic E-state index is 13.5. The molecule has 0 fully saturated rings. The molecule has 2 heterocycles. The number of carbonyl (C=O) groups excluding carboxylic acids is 1. The number of hydrogen-bond donors (Lipinski definition) is 1. The van der Waals surface area contributed by atoms with Crippen LogP contribution in [0, 0.1) is 12.8 Å². The molecule has 184 valence electrons. The summed E-state index contributed by atoms with van der Waals surface area (Å²) >= 11 is 6.54. The molecule has 2 aliphatic heterocycles. The molecule has 8 nitrogen and oxygen atoms in total. The van der Waals surface area contributed by atoms with Gasteiger partial charge in [-0.15, -0.1) is 0 Å². The Morgan fingerprint density at radius 2 is 1.94 bits per heavy atom. The number of aromatic nitrogens is 3. The average molecular weight is 507 g/mol. The Hall–Kier alpha value is -2.49. The van der Waals surface area contributed by atoms with Crippen LogP contribution in [-0.2, 0) is 26.0 Å². The molecule has 0 saturated carbocycles. The van der Waals surface area contributed by atoms with Crippen LogP contribution in [0.5, 0.6) is 0 Å². The summed E-state index contributed by atoms with van der Waals surface area (Å²) in [7, 11) is -3.98. The number of esters is 1. The van der Waals surface area contributed by atoms with Gasteiger partial charge < -0.3 is 9.72 Å². The van der Waals surface area contributed by atoms with E-state index < -0.39 is 22.0 Å². The fourth-order valence-corrected chi connectivity index (χ4v) is 5.90. The Morgan fingerprint density at radius 1 is 1.21 bits per heavy atom. The van der Waals surface area contributed by atoms with E-state index in [-0.39, 0.29) is 24.0 Å². The van der Waals surface area contributed by atoms with Crippen molar-refractivity contribution in [2.75, 3.05) is 13.2 Å². The number of sulfonamides is 1. The molecule has 0 spiro atoms. The molecule has 0 saturated heterocycles. The summed E-state index contributed by atoms with van der Waals surface area (Å²) in [5.74, 6) is 0.242. The minimum atomic E-state index is -3.98. The van der Waals surface area contributed by atoms with E-state index in [0.717, 1.165) is 22.6 Å². The normalized spacial score (nSPS) is 13.1. The average Bonchev–Trinajstić information content (AvgIpc) is 3.15. The molecule has 1 aromatic rings. The SMILES string of the molecule is CCOC(=O)[C@H](CC(C)C)N(CC)S(=O)(=O)c1ccc(Cc2[nH]ccc3nc(C)nc2-3)c(Cl)c1. The number of nitrogens with zero attached hydrogens (tertiary/aromatic N) is 3. The van der Waals surface area contributed by atoms with Crippen LogP contribution < -0.4 is 0 Å². The summed E-state index contributed by atoms with van der Waals surface area (Å²) in [6.45, 7) is 9.43. The smallest absolute Gasteiger partial charge is 0.324 e. The highest BCUT2D eigenvalue weighted by Crippen LogP contribution is 2.29. The molecule has 0 amide bonds. The summed E-state index contributed by atoms with van der Waals surface area (Å²) in [5.41, 5.74) is 3.13. The number of nitrogens with one attached hydrogen (secondary N) is 1. The fourth-order valence-electron chi connectivity index (χ4n) is 3.97. The number of carbonyl (C=O) groups is 1. The fraction of sp³-hybridized carbons (Fsp3) is 0.458. The molecule has 3 rings (SSSR count). The van der Waals surface area contributed by atoms with Gasteiger partial charge in [-0.2, -0.15) is 4.31 Å². The Balaban J connectivity index is 1.92. The quantitative estimate of drug-likeness (QED) is 0.407. The summed E-state index contributed by atoms with van der Waals surface area (Å²) in [4.78, 5) is 24.7. The number of halogens is 1. The Kier molecular flexibility index (Phi) is 8.33. The number of aryl methyl sites for hydroxylation is 1. The van der Waals surface area contributed by atoms with Crippen molar-refractivity contribution in [2.24, 2.45) is 5.92 Å². The lowest BCUT2D eigenvalue weighted by atomic mass is 10.0. The molecule has 0 unspecified atom stereocenters. The van der Waals surface area contributed by atoms with Gasteiger partial charge in [0.2, 0.25) is 10.0 Å². The lowest BCUT2D eigenvalue weighted by Gasteiger charge is -2.29. The second-order valence-corrected chi connectivity index (χ2v) is 10.8. The second-order valence-electron chi connectivity index (χ2n) is 8.50. The van der Waals surface area contributed by atoms with E-state index in [1.165, 1.54) is 16.4 Å². The van der Waals surface area contributed by atoms with Crippen LogP contribution in [0.1, 0.15) is 51.2 Å². The third-order valence-electron chi connectivity index (χ3n) is 5.49. The lowest BCUT2D eigenvalue weighted by molar-refractivity contribution is -0.148. The minimum Gasteiger partial charge on any atom is -0.465 e. The molecule has 0 aromatic heterocycles. The van der Waals surface area contributed by atoms with Gasteiger partial charge >= 0.3 is 5.97 Å². The van der Waals surface area contributed by atoms with Gasteiger partial charge in [0.25, 0.3) is 0 Å². The number of ether oxygens (including phenoxy) is 1. The maximum absolute atomic E-state index is 13.5. The second kappa shape index (κ2) is 10.8. The van der Waals surface area contributed by atoms with Crippen molar-refractivity contribution in [3.8, 4) is 11.4 Å². The van der Waals surface area contributed by atoms with Gasteiger partial charge in [-0.25, -0.2) is 18.4 Å². The van der Waals surface area contributed by atoms with Gasteiger partial charge in [0.15, 0.2) is 0 Å². The summed E-state index contributed by atoms with van der Waals surface area (Å²) < 4.78 is 33.4. The number of benzene rings is 1. The first-order chi connectivity index (χ1) is 16.1. The summed E-state index contributed by atoms with van der Waals surface area (Å²) in [5, 5.41) is 0.315. The van der Waals surface area contributed by atoms with E-state index in [1.807, 2.05) is 26.8 Å². The number of hydrogen-bond acceptors (Lipinski definition) is 6. The van der Waals surface area contributed by atoms with Gasteiger partial charge in [0.05, 0.1) is 17.2 Å². The van der Waals surface area contributed by atoms with Crippen molar-refractivity contribution in [1.82, 2.24) is 19.3 Å². The van der Waals surface area contributed by atoms with Gasteiger partial charge in [0.1, 0.15) is 17.6 Å². The van der Waals surface area contributed by atoms with Crippen molar-refractivity contribution in [3.63, 3.8) is 0 Å². The molecule has 1 atom stereocenters. The maximum Gasteiger partial charge on any atom is 0.324 e. The largest absolute Gasteiger partial charge is 0.465 e. The Labute approximate surface area is 206 Å². The first-order valence-electron chi connectivity index (χ1n) is 11.4. The van der Waals surface area contributed by atoms with Gasteiger partial charge in [-0.05, 0) is 49.9 Å². The highest BCUT2D eigenvalue weighted by Gasteiger charge is 2.36. The van der Waals surface area contributed by atoms with E-state index in [2.05, 4.69) is 15.0 Å². The summed E-state index contributed by atoms with van der Waals surface area (Å²) in [6, 6.07) is 5.61. The van der Waals surface area contributed by atoms with Gasteiger partial charge in [-0.1, -0.05) is 38.4 Å². The number of likely N-dealkylation sites (N-methyl/N-ethyl adjacent to an activating group) is 1. The minimum absolute atomic E-state index is 0.0345. The number of H-pyrrole nitrogens is 1. The van der Waals surface area contributed by atoms with E-state index in [1.54, 1.807) is 26.1 Å². The van der Waals surface area contributed by atoms with Gasteiger partial charge in [0, 0.05) is 29.9 Å². The topological polar surface area (TPSA) is 105 Å². The van der Waals surface area contributed by atoms with Crippen molar-refractivity contribution < 1.29 is 17.9 Å². The Bertz CT molecular complexity index is 1230. The van der Waals surface area contributed by atoms with Crippen molar-refractivity contribution >= 4 is 27.6 Å². The predicted octanol–water partition coefficient (Wildman–Crippen LogP) is 4.45. The molecule has 0 aliphatic carbocycles. The first-order valence-corrected chi connectivity index (χ1v) is 13.2. The molecule has 1 N–H and O–H groups in total. The molecular formula is C24H31ClN4O4S. The van der Waals surface area contributed by atoms with Crippen LogP contribution in [0.25, 0.3) is 11.4 Å². The molecule has 34 heavy (non-hydrogen) atoms. The number of imidazole rings is 1. The van der Waals surface area contributed by atoms with E-state index in [9.17, 15) is 13.2 Å². The van der Waals surface area contributed by atoms with Crippen LogP contribution in [-0.4, -0.2) is 52.8 Å². The highest BCUT2D eigenvalue weighted by molar-refractivity contribution is 7.89. The first kappa shape index (κ1) is 26.1. The summed E-state index contributed by atoms with van der Waals surface area (Å²) in [6.07, 6.45) is 2.59. The van der Waals surface area contributed by atoms with E-state index >= 15 is 0 Å². The van der Waals surface area contributed by atoms with E-state index in [0.29, 0.717) is 23.7 Å². The van der Waals surface area contributed by atoms with Crippen molar-refractivity contribution in [2.45, 2.75) is 58.4 Å². The number of fused-ring (bicyclic) bond motifs is 1. The molecule has 1 aromatic carbocycles. The van der Waals surface area contributed by atoms with Crippen LogP contribution in [0.2, 0.25) is 5.02 Å². The third-order valence-corrected chi connectivity index (χ3v) is 7.83. The Morgan fingerprint density at radius 3 is 2.56 bits per heavy atom. The van der Waals surface area contributed by atoms with Crippen LogP contribution in [0.3, 0.4) is 0 Å². The van der Waals surface area contributed by atoms with E-state index in [4.69, 9.17) is 16.3 Å². The molecule has 2 aliphatic rings. The predicted molar refractivity (Wildman–Crippen MR) is 131 cm³/mol. The molecule has 0 radical (unpaired) electrons. The van der Waals surface area contributed by atoms with Gasteiger partial charge in [-0.3, -0.25) is 4.79 Å². The lowest BCUT2D eigenvalue weighted by Crippen LogP contribution is -2.46. The van der Waals surface area contributed by atoms with Crippen LogP contribution in [0.15, 0.2) is 35.4 Å². The zero-order chi connectivity index (χ0) is 25.0. The number of aromatic amines is 1. The molecule has 10 heteroatoms. The molecular weight excluding hydrogens is 476 g/mol.